The lowest BCUT2D eigenvalue weighted by Crippen LogP contribution is -1.95. The van der Waals surface area contributed by atoms with E-state index in [-0.39, 0.29) is 0 Å². The second kappa shape index (κ2) is 6.47. The van der Waals surface area contributed by atoms with E-state index in [1.54, 1.807) is 0 Å². The Labute approximate surface area is 141 Å². The minimum atomic E-state index is 0.883. The summed E-state index contributed by atoms with van der Waals surface area (Å²) < 4.78 is 0. The van der Waals surface area contributed by atoms with Gasteiger partial charge in [-0.25, -0.2) is 4.98 Å². The summed E-state index contributed by atoms with van der Waals surface area (Å²) in [5.41, 5.74) is 5.91. The number of benzene rings is 3. The summed E-state index contributed by atoms with van der Waals surface area (Å²) in [7, 11) is 0. The van der Waals surface area contributed by atoms with Gasteiger partial charge in [0.25, 0.3) is 0 Å². The molecule has 0 aliphatic heterocycles. The molecule has 0 spiro atoms. The molecule has 1 aromatic heterocycles. The molecule has 0 amide bonds. The average molecular weight is 308 g/mol. The lowest BCUT2D eigenvalue weighted by molar-refractivity contribution is 1.21. The first-order valence-electron chi connectivity index (χ1n) is 7.95. The normalized spacial score (nSPS) is 10.5. The van der Waals surface area contributed by atoms with Gasteiger partial charge >= 0.3 is 0 Å². The van der Waals surface area contributed by atoms with Gasteiger partial charge in [0.15, 0.2) is 0 Å². The average Bonchev–Trinajstić information content (AvgIpc) is 2.69. The van der Waals surface area contributed by atoms with Gasteiger partial charge < -0.3 is 0 Å². The maximum Gasteiger partial charge on any atom is 0.0972 e. The van der Waals surface area contributed by atoms with E-state index < -0.39 is 0 Å². The summed E-state index contributed by atoms with van der Waals surface area (Å²) in [6, 6.07) is 30.6. The molecule has 24 heavy (non-hydrogen) atoms. The zero-order valence-corrected chi connectivity index (χ0v) is 13.1. The van der Waals surface area contributed by atoms with Gasteiger partial charge in [-0.15, -0.1) is 0 Å². The highest BCUT2D eigenvalue weighted by Crippen LogP contribution is 2.30. The van der Waals surface area contributed by atoms with Crippen LogP contribution in [0.25, 0.3) is 33.8 Å². The van der Waals surface area contributed by atoms with Crippen LogP contribution in [0.1, 0.15) is 0 Å². The van der Waals surface area contributed by atoms with E-state index in [0.717, 1.165) is 33.8 Å². The number of nitrogens with zero attached hydrogens (tertiary/aromatic N) is 2. The van der Waals surface area contributed by atoms with Gasteiger partial charge in [0.05, 0.1) is 23.3 Å². The van der Waals surface area contributed by atoms with Crippen molar-refractivity contribution in [1.29, 1.82) is 0 Å². The molecule has 0 saturated carbocycles. The number of rotatable bonds is 3. The van der Waals surface area contributed by atoms with Crippen molar-refractivity contribution in [2.24, 2.45) is 0 Å². The Hall–Kier alpha value is -3.26. The van der Waals surface area contributed by atoms with E-state index in [9.17, 15) is 0 Å². The molecule has 0 unspecified atom stereocenters. The quantitative estimate of drug-likeness (QED) is 0.501. The van der Waals surface area contributed by atoms with E-state index in [2.05, 4.69) is 36.4 Å². The molecule has 4 rings (SSSR count). The van der Waals surface area contributed by atoms with Crippen LogP contribution in [0.3, 0.4) is 0 Å². The fourth-order valence-electron chi connectivity index (χ4n) is 2.74. The molecule has 0 fully saturated rings. The smallest absolute Gasteiger partial charge is 0.0972 e. The Kier molecular flexibility index (Phi) is 3.86. The van der Waals surface area contributed by atoms with E-state index in [4.69, 9.17) is 9.97 Å². The molecule has 0 atom stereocenters. The highest BCUT2D eigenvalue weighted by atomic mass is 14.8. The molecule has 0 aliphatic carbocycles. The second-order valence-corrected chi connectivity index (χ2v) is 5.55. The highest BCUT2D eigenvalue weighted by molar-refractivity contribution is 5.79. The van der Waals surface area contributed by atoms with Crippen LogP contribution in [0.2, 0.25) is 0 Å². The summed E-state index contributed by atoms with van der Waals surface area (Å²) in [4.78, 5) is 9.67. The van der Waals surface area contributed by atoms with E-state index >= 15 is 0 Å². The van der Waals surface area contributed by atoms with Crippen molar-refractivity contribution in [3.8, 4) is 33.8 Å². The third-order valence-electron chi connectivity index (χ3n) is 3.94. The van der Waals surface area contributed by atoms with Crippen LogP contribution >= 0.6 is 0 Å². The predicted molar refractivity (Wildman–Crippen MR) is 98.3 cm³/mol. The molecule has 3 aromatic carbocycles. The largest absolute Gasteiger partial charge is 0.252 e. The van der Waals surface area contributed by atoms with Crippen LogP contribution in [0, 0.1) is 0 Å². The summed E-state index contributed by atoms with van der Waals surface area (Å²) in [6.45, 7) is 0. The minimum absolute atomic E-state index is 0.883. The molecule has 0 N–H and O–H groups in total. The van der Waals surface area contributed by atoms with Crippen molar-refractivity contribution in [2.75, 3.05) is 0 Å². The second-order valence-electron chi connectivity index (χ2n) is 5.55. The van der Waals surface area contributed by atoms with E-state index in [1.165, 1.54) is 0 Å². The summed E-state index contributed by atoms with van der Waals surface area (Å²) in [6.07, 6.45) is 1.85. The third kappa shape index (κ3) is 2.82. The zero-order valence-electron chi connectivity index (χ0n) is 13.1. The predicted octanol–water partition coefficient (Wildman–Crippen LogP) is 5.48. The first-order chi connectivity index (χ1) is 11.9. The maximum absolute atomic E-state index is 4.93. The third-order valence-corrected chi connectivity index (χ3v) is 3.94. The molecular weight excluding hydrogens is 292 g/mol. The lowest BCUT2D eigenvalue weighted by Gasteiger charge is -2.11. The van der Waals surface area contributed by atoms with Gasteiger partial charge in [0.2, 0.25) is 0 Å². The highest BCUT2D eigenvalue weighted by Gasteiger charge is 2.12. The fraction of sp³-hybridized carbons (Fsp3) is 0. The van der Waals surface area contributed by atoms with Crippen molar-refractivity contribution < 1.29 is 0 Å². The Bertz CT molecular complexity index is 933. The first-order valence-corrected chi connectivity index (χ1v) is 7.95. The molecule has 4 aromatic rings. The molecule has 2 nitrogen and oxygen atoms in total. The SMILES string of the molecule is c1ccc(-c2cnc(-c3ccccc3)c(-c3ccccc3)n2)cc1. The maximum atomic E-state index is 4.93. The topological polar surface area (TPSA) is 25.8 Å². The number of aromatic nitrogens is 2. The number of hydrogen-bond acceptors (Lipinski definition) is 2. The molecule has 0 saturated heterocycles. The van der Waals surface area contributed by atoms with Crippen LogP contribution in [-0.2, 0) is 0 Å². The molecular formula is C22H16N2. The van der Waals surface area contributed by atoms with Gasteiger partial charge in [0, 0.05) is 16.7 Å². The van der Waals surface area contributed by atoms with Crippen molar-refractivity contribution in [1.82, 2.24) is 9.97 Å². The Balaban J connectivity index is 1.92. The molecule has 2 heteroatoms. The van der Waals surface area contributed by atoms with E-state index in [0.29, 0.717) is 0 Å². The minimum Gasteiger partial charge on any atom is -0.252 e. The fourth-order valence-corrected chi connectivity index (χ4v) is 2.74. The van der Waals surface area contributed by atoms with Crippen LogP contribution < -0.4 is 0 Å². The molecule has 0 bridgehead atoms. The monoisotopic (exact) mass is 308 g/mol. The van der Waals surface area contributed by atoms with Gasteiger partial charge in [-0.3, -0.25) is 4.98 Å². The van der Waals surface area contributed by atoms with Crippen LogP contribution in [0.15, 0.2) is 97.2 Å². The zero-order chi connectivity index (χ0) is 16.2. The van der Waals surface area contributed by atoms with Crippen molar-refractivity contribution in [2.45, 2.75) is 0 Å². The van der Waals surface area contributed by atoms with E-state index in [1.807, 2.05) is 60.8 Å². The summed E-state index contributed by atoms with van der Waals surface area (Å²) in [5.74, 6) is 0. The summed E-state index contributed by atoms with van der Waals surface area (Å²) >= 11 is 0. The molecule has 114 valence electrons. The number of hydrogen-bond donors (Lipinski definition) is 0. The van der Waals surface area contributed by atoms with Gasteiger partial charge in [-0.2, -0.15) is 0 Å². The van der Waals surface area contributed by atoms with Gasteiger partial charge in [0.1, 0.15) is 0 Å². The van der Waals surface area contributed by atoms with Gasteiger partial charge in [-0.1, -0.05) is 91.0 Å². The standard InChI is InChI=1S/C22H16N2/c1-4-10-17(11-5-1)20-16-23-21(18-12-6-2-7-13-18)22(24-20)19-14-8-3-9-15-19/h1-16H. The molecule has 0 aliphatic rings. The molecule has 1 heterocycles. The Morgan fingerprint density at radius 1 is 0.458 bits per heavy atom. The lowest BCUT2D eigenvalue weighted by atomic mass is 10.0. The van der Waals surface area contributed by atoms with Crippen LogP contribution in [-0.4, -0.2) is 9.97 Å². The van der Waals surface area contributed by atoms with Crippen molar-refractivity contribution in [3.63, 3.8) is 0 Å². The van der Waals surface area contributed by atoms with Crippen molar-refractivity contribution in [3.05, 3.63) is 97.2 Å². The van der Waals surface area contributed by atoms with Crippen molar-refractivity contribution >= 4 is 0 Å². The first kappa shape index (κ1) is 14.3. The Morgan fingerprint density at radius 3 is 1.46 bits per heavy atom. The molecule has 0 radical (unpaired) electrons. The van der Waals surface area contributed by atoms with Gasteiger partial charge in [-0.05, 0) is 0 Å². The van der Waals surface area contributed by atoms with Crippen LogP contribution in [0.4, 0.5) is 0 Å². The van der Waals surface area contributed by atoms with Crippen LogP contribution in [0.5, 0.6) is 0 Å². The summed E-state index contributed by atoms with van der Waals surface area (Å²) in [5, 5.41) is 0. The Morgan fingerprint density at radius 2 is 0.917 bits per heavy atom.